The van der Waals surface area contributed by atoms with Crippen molar-refractivity contribution in [3.8, 4) is 11.3 Å². The number of hydrogen-bond acceptors (Lipinski definition) is 3. The van der Waals surface area contributed by atoms with Crippen LogP contribution in [-0.2, 0) is 0 Å². The molecule has 4 nitrogen and oxygen atoms in total. The van der Waals surface area contributed by atoms with E-state index in [0.29, 0.717) is 5.69 Å². The highest BCUT2D eigenvalue weighted by Gasteiger charge is 1.97. The predicted octanol–water partition coefficient (Wildman–Crippen LogP) is 1.44. The zero-order valence-electron chi connectivity index (χ0n) is 7.81. The fraction of sp³-hybridized carbons (Fsp3) is 0. The fourth-order valence-electron chi connectivity index (χ4n) is 1.16. The van der Waals surface area contributed by atoms with Crippen molar-refractivity contribution in [2.45, 2.75) is 0 Å². The van der Waals surface area contributed by atoms with Crippen LogP contribution in [0.15, 0.2) is 41.2 Å². The summed E-state index contributed by atoms with van der Waals surface area (Å²) in [5, 5.41) is 6.28. The first-order valence-corrected chi connectivity index (χ1v) is 4.17. The molecule has 0 saturated heterocycles. The van der Waals surface area contributed by atoms with Gasteiger partial charge in [-0.05, 0) is 18.2 Å². The number of benzene rings is 1. The molecule has 0 amide bonds. The zero-order valence-corrected chi connectivity index (χ0v) is 8.62. The maximum absolute atomic E-state index is 10.8. The lowest BCUT2D eigenvalue weighted by atomic mass is 10.1. The largest absolute Gasteiger partial charge is 0.399 e. The number of aromatic nitrogens is 2. The molecule has 0 unspecified atom stereocenters. The molecule has 1 aromatic carbocycles. The topological polar surface area (TPSA) is 71.8 Å². The third-order valence-corrected chi connectivity index (χ3v) is 1.89. The number of rotatable bonds is 1. The van der Waals surface area contributed by atoms with Gasteiger partial charge in [-0.15, -0.1) is 12.4 Å². The minimum absolute atomic E-state index is 0. The molecule has 0 fully saturated rings. The molecule has 5 heteroatoms. The Labute approximate surface area is 92.6 Å². The second-order valence-electron chi connectivity index (χ2n) is 2.93. The van der Waals surface area contributed by atoms with Crippen LogP contribution in [0.25, 0.3) is 11.3 Å². The van der Waals surface area contributed by atoms with E-state index in [2.05, 4.69) is 10.2 Å². The Bertz CT molecular complexity index is 472. The van der Waals surface area contributed by atoms with E-state index in [4.69, 9.17) is 5.73 Å². The quantitative estimate of drug-likeness (QED) is 0.719. The van der Waals surface area contributed by atoms with Gasteiger partial charge in [-0.25, -0.2) is 5.10 Å². The Morgan fingerprint density at radius 3 is 2.27 bits per heavy atom. The lowest BCUT2D eigenvalue weighted by Crippen LogP contribution is -2.05. The van der Waals surface area contributed by atoms with Crippen LogP contribution >= 0.6 is 12.4 Å². The second kappa shape index (κ2) is 4.61. The standard InChI is InChI=1S/C10H9N3O.ClH/c11-8-3-1-7(2-4-8)9-5-6-10(14)13-12-9;/h1-6H,11H2,(H,13,14);1H. The molecule has 0 spiro atoms. The van der Waals surface area contributed by atoms with Gasteiger partial charge in [0, 0.05) is 17.3 Å². The molecule has 1 aromatic heterocycles. The maximum Gasteiger partial charge on any atom is 0.264 e. The highest BCUT2D eigenvalue weighted by atomic mass is 35.5. The van der Waals surface area contributed by atoms with Crippen molar-refractivity contribution in [3.05, 3.63) is 46.8 Å². The molecule has 78 valence electrons. The van der Waals surface area contributed by atoms with Crippen molar-refractivity contribution < 1.29 is 0 Å². The van der Waals surface area contributed by atoms with Crippen LogP contribution in [0, 0.1) is 0 Å². The number of nitrogens with two attached hydrogens (primary N) is 1. The molecule has 0 radical (unpaired) electrons. The molecule has 1 heterocycles. The SMILES string of the molecule is Cl.Nc1ccc(-c2ccc(=O)[nH]n2)cc1. The lowest BCUT2D eigenvalue weighted by Gasteiger charge is -1.99. The van der Waals surface area contributed by atoms with Crippen molar-refractivity contribution in [1.82, 2.24) is 10.2 Å². The van der Waals surface area contributed by atoms with E-state index in [1.807, 2.05) is 12.1 Å². The summed E-state index contributed by atoms with van der Waals surface area (Å²) in [5.41, 5.74) is 7.71. The minimum Gasteiger partial charge on any atom is -0.399 e. The molecule has 0 aliphatic carbocycles. The Kier molecular flexibility index (Phi) is 3.46. The number of H-pyrrole nitrogens is 1. The number of nitrogens with zero attached hydrogens (tertiary/aromatic N) is 1. The number of aromatic amines is 1. The van der Waals surface area contributed by atoms with E-state index >= 15 is 0 Å². The molecule has 3 N–H and O–H groups in total. The van der Waals surface area contributed by atoms with Crippen molar-refractivity contribution >= 4 is 18.1 Å². The van der Waals surface area contributed by atoms with Gasteiger partial charge >= 0.3 is 0 Å². The lowest BCUT2D eigenvalue weighted by molar-refractivity contribution is 0.995. The van der Waals surface area contributed by atoms with Gasteiger partial charge in [0.25, 0.3) is 5.56 Å². The van der Waals surface area contributed by atoms with E-state index in [-0.39, 0.29) is 18.0 Å². The summed E-state index contributed by atoms with van der Waals surface area (Å²) in [6.45, 7) is 0. The van der Waals surface area contributed by atoms with Gasteiger partial charge in [0.15, 0.2) is 0 Å². The Morgan fingerprint density at radius 1 is 1.07 bits per heavy atom. The summed E-state index contributed by atoms with van der Waals surface area (Å²) >= 11 is 0. The molecule has 15 heavy (non-hydrogen) atoms. The Hall–Kier alpha value is -1.81. The van der Waals surface area contributed by atoms with Crippen LogP contribution in [0.5, 0.6) is 0 Å². The van der Waals surface area contributed by atoms with Gasteiger partial charge in [0.1, 0.15) is 0 Å². The predicted molar refractivity (Wildman–Crippen MR) is 62.0 cm³/mol. The molecule has 2 aromatic rings. The zero-order chi connectivity index (χ0) is 9.97. The van der Waals surface area contributed by atoms with E-state index in [0.717, 1.165) is 11.3 Å². The van der Waals surface area contributed by atoms with Crippen LogP contribution in [0.3, 0.4) is 0 Å². The number of anilines is 1. The van der Waals surface area contributed by atoms with Crippen LogP contribution in [0.1, 0.15) is 0 Å². The van der Waals surface area contributed by atoms with Gasteiger partial charge in [-0.2, -0.15) is 5.10 Å². The van der Waals surface area contributed by atoms with E-state index < -0.39 is 0 Å². The van der Waals surface area contributed by atoms with Crippen LogP contribution in [-0.4, -0.2) is 10.2 Å². The number of nitrogen functional groups attached to an aromatic ring is 1. The number of hydrogen-bond donors (Lipinski definition) is 2. The first kappa shape index (κ1) is 11.3. The third-order valence-electron chi connectivity index (χ3n) is 1.89. The average Bonchev–Trinajstić information content (AvgIpc) is 2.21. The molecular formula is C10H10ClN3O. The van der Waals surface area contributed by atoms with Gasteiger partial charge in [-0.3, -0.25) is 4.79 Å². The summed E-state index contributed by atoms with van der Waals surface area (Å²) < 4.78 is 0. The highest BCUT2D eigenvalue weighted by molar-refractivity contribution is 5.85. The fourth-order valence-corrected chi connectivity index (χ4v) is 1.16. The summed E-state index contributed by atoms with van der Waals surface area (Å²) in [5.74, 6) is 0. The van der Waals surface area contributed by atoms with Gasteiger partial charge in [0.2, 0.25) is 0 Å². The molecule has 2 rings (SSSR count). The number of nitrogens with one attached hydrogen (secondary N) is 1. The molecule has 0 saturated carbocycles. The van der Waals surface area contributed by atoms with Crippen molar-refractivity contribution in [1.29, 1.82) is 0 Å². The molecule has 0 aliphatic rings. The van der Waals surface area contributed by atoms with E-state index in [1.165, 1.54) is 6.07 Å². The van der Waals surface area contributed by atoms with Crippen molar-refractivity contribution in [3.63, 3.8) is 0 Å². The van der Waals surface area contributed by atoms with Crippen molar-refractivity contribution in [2.24, 2.45) is 0 Å². The highest BCUT2D eigenvalue weighted by Crippen LogP contribution is 2.16. The molecule has 0 atom stereocenters. The maximum atomic E-state index is 10.8. The summed E-state index contributed by atoms with van der Waals surface area (Å²) in [6, 6.07) is 10.4. The van der Waals surface area contributed by atoms with Gasteiger partial charge in [-0.1, -0.05) is 12.1 Å². The first-order valence-electron chi connectivity index (χ1n) is 4.17. The monoisotopic (exact) mass is 223 g/mol. The van der Waals surface area contributed by atoms with Gasteiger partial charge in [0.05, 0.1) is 5.69 Å². The molecule has 0 aliphatic heterocycles. The van der Waals surface area contributed by atoms with Gasteiger partial charge < -0.3 is 5.73 Å². The van der Waals surface area contributed by atoms with Crippen LogP contribution in [0.4, 0.5) is 5.69 Å². The van der Waals surface area contributed by atoms with Crippen molar-refractivity contribution in [2.75, 3.05) is 5.73 Å². The molecular weight excluding hydrogens is 214 g/mol. The number of halogens is 1. The normalized spacial score (nSPS) is 9.33. The Morgan fingerprint density at radius 2 is 1.73 bits per heavy atom. The average molecular weight is 224 g/mol. The smallest absolute Gasteiger partial charge is 0.264 e. The minimum atomic E-state index is -0.204. The van der Waals surface area contributed by atoms with Crippen LogP contribution in [0.2, 0.25) is 0 Å². The Balaban J connectivity index is 0.00000112. The summed E-state index contributed by atoms with van der Waals surface area (Å²) in [7, 11) is 0. The second-order valence-corrected chi connectivity index (χ2v) is 2.93. The first-order chi connectivity index (χ1) is 6.75. The van der Waals surface area contributed by atoms with E-state index in [9.17, 15) is 4.79 Å². The van der Waals surface area contributed by atoms with E-state index in [1.54, 1.807) is 18.2 Å². The molecule has 0 bridgehead atoms. The van der Waals surface area contributed by atoms with Crippen LogP contribution < -0.4 is 11.3 Å². The summed E-state index contributed by atoms with van der Waals surface area (Å²) in [6.07, 6.45) is 0. The third kappa shape index (κ3) is 2.57. The summed E-state index contributed by atoms with van der Waals surface area (Å²) in [4.78, 5) is 10.8.